The van der Waals surface area contributed by atoms with Gasteiger partial charge in [0.2, 0.25) is 0 Å². The zero-order valence-corrected chi connectivity index (χ0v) is 10.3. The van der Waals surface area contributed by atoms with Crippen molar-refractivity contribution in [3.8, 4) is 16.5 Å². The first-order chi connectivity index (χ1) is 8.15. The van der Waals surface area contributed by atoms with Gasteiger partial charge in [0, 0.05) is 5.56 Å². The van der Waals surface area contributed by atoms with Crippen molar-refractivity contribution >= 4 is 11.3 Å². The number of methoxy groups -OCH3 is 1. The molecular weight excluding hydrogens is 241 g/mol. The molecule has 1 aromatic carbocycles. The third-order valence-electron chi connectivity index (χ3n) is 2.38. The van der Waals surface area contributed by atoms with E-state index < -0.39 is 0 Å². The fraction of sp³-hybridized carbons (Fsp3) is 0.250. The van der Waals surface area contributed by atoms with Crippen LogP contribution in [0.15, 0.2) is 18.2 Å². The van der Waals surface area contributed by atoms with Gasteiger partial charge in [0.05, 0.1) is 24.3 Å². The summed E-state index contributed by atoms with van der Waals surface area (Å²) in [4.78, 5) is 4.76. The molecule has 0 aliphatic carbocycles. The Hall–Kier alpha value is -1.46. The maximum absolute atomic E-state index is 13.8. The number of hydrogen-bond donors (Lipinski definition) is 1. The highest BCUT2D eigenvalue weighted by Crippen LogP contribution is 2.33. The highest BCUT2D eigenvalue weighted by Gasteiger charge is 2.16. The van der Waals surface area contributed by atoms with Gasteiger partial charge in [0.25, 0.3) is 5.19 Å². The van der Waals surface area contributed by atoms with Gasteiger partial charge in [0.1, 0.15) is 5.82 Å². The minimum atomic E-state index is -0.340. The van der Waals surface area contributed by atoms with Crippen LogP contribution in [0.4, 0.5) is 4.39 Å². The summed E-state index contributed by atoms with van der Waals surface area (Å²) in [6.45, 7) is 1.64. The van der Waals surface area contributed by atoms with Gasteiger partial charge in [-0.15, -0.1) is 0 Å². The molecule has 0 fully saturated rings. The summed E-state index contributed by atoms with van der Waals surface area (Å²) >= 11 is 1.22. The lowest BCUT2D eigenvalue weighted by atomic mass is 10.1. The second-order valence-corrected chi connectivity index (χ2v) is 4.64. The van der Waals surface area contributed by atoms with Crippen molar-refractivity contribution in [2.75, 3.05) is 7.11 Å². The van der Waals surface area contributed by atoms with E-state index in [1.54, 1.807) is 6.07 Å². The van der Waals surface area contributed by atoms with Gasteiger partial charge in [-0.05, 0) is 24.6 Å². The fourth-order valence-corrected chi connectivity index (χ4v) is 2.30. The Morgan fingerprint density at radius 2 is 2.24 bits per heavy atom. The first-order valence-electron chi connectivity index (χ1n) is 5.06. The third-order valence-corrected chi connectivity index (χ3v) is 3.38. The van der Waals surface area contributed by atoms with Crippen molar-refractivity contribution < 1.29 is 14.2 Å². The van der Waals surface area contributed by atoms with E-state index in [1.165, 1.54) is 24.5 Å². The molecule has 3 nitrogen and oxygen atoms in total. The van der Waals surface area contributed by atoms with E-state index in [1.807, 2.05) is 13.0 Å². The third kappa shape index (κ3) is 2.30. The SMILES string of the molecule is COc1nc(-c2ccc(C)cc2F)c(CO)s1. The number of aliphatic hydroxyl groups is 1. The van der Waals surface area contributed by atoms with Gasteiger partial charge in [0.15, 0.2) is 0 Å². The van der Waals surface area contributed by atoms with Crippen LogP contribution in [0.3, 0.4) is 0 Å². The lowest BCUT2D eigenvalue weighted by Crippen LogP contribution is -1.90. The quantitative estimate of drug-likeness (QED) is 0.914. The number of aliphatic hydroxyl groups excluding tert-OH is 1. The van der Waals surface area contributed by atoms with E-state index in [0.29, 0.717) is 21.3 Å². The first-order valence-corrected chi connectivity index (χ1v) is 5.88. The number of thiazole rings is 1. The number of hydrogen-bond acceptors (Lipinski definition) is 4. The topological polar surface area (TPSA) is 42.4 Å². The van der Waals surface area contributed by atoms with Crippen LogP contribution in [-0.2, 0) is 6.61 Å². The molecule has 90 valence electrons. The molecular formula is C12H12FNO2S. The summed E-state index contributed by atoms with van der Waals surface area (Å²) in [6.07, 6.45) is 0. The van der Waals surface area contributed by atoms with Crippen LogP contribution in [0.2, 0.25) is 0 Å². The summed E-state index contributed by atoms with van der Waals surface area (Å²) in [5.74, 6) is -0.340. The van der Waals surface area contributed by atoms with Crippen molar-refractivity contribution in [3.63, 3.8) is 0 Å². The maximum atomic E-state index is 13.8. The van der Waals surface area contributed by atoms with Gasteiger partial charge in [-0.25, -0.2) is 9.37 Å². The largest absolute Gasteiger partial charge is 0.473 e. The van der Waals surface area contributed by atoms with Crippen molar-refractivity contribution in [2.24, 2.45) is 0 Å². The molecule has 0 bridgehead atoms. The number of halogens is 1. The van der Waals surface area contributed by atoms with Gasteiger partial charge in [-0.2, -0.15) is 0 Å². The molecule has 0 unspecified atom stereocenters. The molecule has 1 aromatic heterocycles. The molecule has 1 N–H and O–H groups in total. The minimum absolute atomic E-state index is 0.177. The second-order valence-electron chi connectivity index (χ2n) is 3.60. The zero-order valence-electron chi connectivity index (χ0n) is 9.53. The summed E-state index contributed by atoms with van der Waals surface area (Å²) in [5.41, 5.74) is 1.69. The van der Waals surface area contributed by atoms with Gasteiger partial charge in [-0.1, -0.05) is 17.4 Å². The van der Waals surface area contributed by atoms with Crippen LogP contribution in [0.1, 0.15) is 10.4 Å². The Balaban J connectivity index is 2.55. The van der Waals surface area contributed by atoms with E-state index in [9.17, 15) is 9.50 Å². The lowest BCUT2D eigenvalue weighted by Gasteiger charge is -2.02. The lowest BCUT2D eigenvalue weighted by molar-refractivity contribution is 0.286. The summed E-state index contributed by atoms with van der Waals surface area (Å²) < 4.78 is 18.8. The van der Waals surface area contributed by atoms with E-state index >= 15 is 0 Å². The Bertz CT molecular complexity index is 539. The first kappa shape index (κ1) is 12.0. The number of aromatic nitrogens is 1. The molecule has 2 rings (SSSR count). The molecule has 0 atom stereocenters. The number of rotatable bonds is 3. The zero-order chi connectivity index (χ0) is 12.4. The number of ether oxygens (including phenoxy) is 1. The molecule has 17 heavy (non-hydrogen) atoms. The van der Waals surface area contributed by atoms with Gasteiger partial charge >= 0.3 is 0 Å². The number of aryl methyl sites for hydroxylation is 1. The van der Waals surface area contributed by atoms with Gasteiger partial charge in [-0.3, -0.25) is 0 Å². The van der Waals surface area contributed by atoms with Crippen LogP contribution in [0, 0.1) is 12.7 Å². The Labute approximate surface area is 103 Å². The van der Waals surface area contributed by atoms with Crippen molar-refractivity contribution in [1.29, 1.82) is 0 Å². The van der Waals surface area contributed by atoms with Crippen LogP contribution in [0.5, 0.6) is 5.19 Å². The predicted molar refractivity (Wildman–Crippen MR) is 64.7 cm³/mol. The molecule has 2 aromatic rings. The summed E-state index contributed by atoms with van der Waals surface area (Å²) in [5, 5.41) is 9.65. The summed E-state index contributed by atoms with van der Waals surface area (Å²) in [6, 6.07) is 4.92. The normalized spacial score (nSPS) is 10.6. The molecule has 5 heteroatoms. The fourth-order valence-electron chi connectivity index (χ4n) is 1.55. The molecule has 0 spiro atoms. The maximum Gasteiger partial charge on any atom is 0.273 e. The molecule has 0 saturated carbocycles. The molecule has 0 radical (unpaired) electrons. The number of benzene rings is 1. The Morgan fingerprint density at radius 1 is 1.47 bits per heavy atom. The smallest absolute Gasteiger partial charge is 0.273 e. The van der Waals surface area contributed by atoms with E-state index in [-0.39, 0.29) is 12.4 Å². The van der Waals surface area contributed by atoms with E-state index in [4.69, 9.17) is 4.74 Å². The molecule has 0 amide bonds. The minimum Gasteiger partial charge on any atom is -0.473 e. The Morgan fingerprint density at radius 3 is 2.82 bits per heavy atom. The van der Waals surface area contributed by atoms with Crippen molar-refractivity contribution in [1.82, 2.24) is 4.98 Å². The van der Waals surface area contributed by atoms with E-state index in [2.05, 4.69) is 4.98 Å². The number of nitrogens with zero attached hydrogens (tertiary/aromatic N) is 1. The second kappa shape index (κ2) is 4.81. The Kier molecular flexibility index (Phi) is 3.40. The van der Waals surface area contributed by atoms with Crippen molar-refractivity contribution in [2.45, 2.75) is 13.5 Å². The average molecular weight is 253 g/mol. The molecule has 1 heterocycles. The van der Waals surface area contributed by atoms with Crippen LogP contribution in [0.25, 0.3) is 11.3 Å². The molecule has 0 aliphatic heterocycles. The summed E-state index contributed by atoms with van der Waals surface area (Å²) in [7, 11) is 1.50. The van der Waals surface area contributed by atoms with Gasteiger partial charge < -0.3 is 9.84 Å². The van der Waals surface area contributed by atoms with Crippen LogP contribution < -0.4 is 4.74 Å². The molecule has 0 aliphatic rings. The van der Waals surface area contributed by atoms with Crippen LogP contribution in [-0.4, -0.2) is 17.2 Å². The predicted octanol–water partition coefficient (Wildman–Crippen LogP) is 2.76. The average Bonchev–Trinajstić information content (AvgIpc) is 2.72. The van der Waals surface area contributed by atoms with E-state index in [0.717, 1.165) is 5.56 Å². The monoisotopic (exact) mass is 253 g/mol. The van der Waals surface area contributed by atoms with Crippen molar-refractivity contribution in [3.05, 3.63) is 34.5 Å². The molecule has 0 saturated heterocycles. The standard InChI is InChI=1S/C12H12FNO2S/c1-7-3-4-8(9(13)5-7)11-10(6-15)17-12(14-11)16-2/h3-5,15H,6H2,1-2H3. The highest BCUT2D eigenvalue weighted by atomic mass is 32.1. The van der Waals surface area contributed by atoms with Crippen LogP contribution >= 0.6 is 11.3 Å². The highest BCUT2D eigenvalue weighted by molar-refractivity contribution is 7.13.